The van der Waals surface area contributed by atoms with E-state index in [4.69, 9.17) is 5.26 Å². The standard InChI is InChI=1S/C9H4F6N2O/c1-4-3-17-7(8(10,11)12)6(5(4)2-16)18-9(13,14)15/h3H,1H3. The average molecular weight is 270 g/mol. The van der Waals surface area contributed by atoms with Crippen LogP contribution in [-0.4, -0.2) is 11.3 Å². The third-order valence-corrected chi connectivity index (χ3v) is 1.82. The Kier molecular flexibility index (Phi) is 3.41. The Morgan fingerprint density at radius 1 is 1.22 bits per heavy atom. The van der Waals surface area contributed by atoms with Crippen molar-refractivity contribution in [3.63, 3.8) is 0 Å². The van der Waals surface area contributed by atoms with Crippen LogP contribution in [0.25, 0.3) is 0 Å². The van der Waals surface area contributed by atoms with Crippen molar-refractivity contribution in [3.05, 3.63) is 23.0 Å². The Hall–Kier alpha value is -1.98. The number of aryl methyl sites for hydroxylation is 1. The molecule has 9 heteroatoms. The lowest BCUT2D eigenvalue weighted by molar-refractivity contribution is -0.276. The summed E-state index contributed by atoms with van der Waals surface area (Å²) in [5.74, 6) is -1.63. The van der Waals surface area contributed by atoms with E-state index in [2.05, 4.69) is 9.72 Å². The third kappa shape index (κ3) is 3.03. The van der Waals surface area contributed by atoms with Gasteiger partial charge < -0.3 is 4.74 Å². The van der Waals surface area contributed by atoms with E-state index in [0.717, 1.165) is 6.92 Å². The number of ether oxygens (including phenoxy) is 1. The molecule has 1 rings (SSSR count). The SMILES string of the molecule is Cc1cnc(C(F)(F)F)c(OC(F)(F)F)c1C#N. The average Bonchev–Trinajstić information content (AvgIpc) is 2.13. The van der Waals surface area contributed by atoms with Crippen LogP contribution in [-0.2, 0) is 6.18 Å². The zero-order chi connectivity index (χ0) is 14.1. The molecule has 1 aromatic heterocycles. The molecule has 0 aromatic carbocycles. The van der Waals surface area contributed by atoms with Crippen molar-refractivity contribution < 1.29 is 31.1 Å². The van der Waals surface area contributed by atoms with E-state index in [1.54, 1.807) is 0 Å². The number of hydrogen-bond acceptors (Lipinski definition) is 3. The number of hydrogen-bond donors (Lipinski definition) is 0. The fourth-order valence-electron chi connectivity index (χ4n) is 1.14. The summed E-state index contributed by atoms with van der Waals surface area (Å²) >= 11 is 0. The van der Waals surface area contributed by atoms with Crippen molar-refractivity contribution in [1.29, 1.82) is 5.26 Å². The van der Waals surface area contributed by atoms with Gasteiger partial charge in [-0.05, 0) is 12.5 Å². The maximum atomic E-state index is 12.5. The highest BCUT2D eigenvalue weighted by molar-refractivity contribution is 5.50. The lowest BCUT2D eigenvalue weighted by Gasteiger charge is -2.16. The van der Waals surface area contributed by atoms with Crippen LogP contribution in [0.15, 0.2) is 6.20 Å². The van der Waals surface area contributed by atoms with Crippen LogP contribution in [0.2, 0.25) is 0 Å². The molecule has 0 saturated heterocycles. The molecule has 0 atom stereocenters. The smallest absolute Gasteiger partial charge is 0.402 e. The molecule has 18 heavy (non-hydrogen) atoms. The van der Waals surface area contributed by atoms with Gasteiger partial charge in [0.15, 0.2) is 11.4 Å². The molecular weight excluding hydrogens is 266 g/mol. The predicted octanol–water partition coefficient (Wildman–Crippen LogP) is 3.18. The van der Waals surface area contributed by atoms with Gasteiger partial charge in [0.1, 0.15) is 11.6 Å². The zero-order valence-corrected chi connectivity index (χ0v) is 8.65. The summed E-state index contributed by atoms with van der Waals surface area (Å²) in [6, 6.07) is 1.23. The summed E-state index contributed by atoms with van der Waals surface area (Å²) in [5.41, 5.74) is -2.89. The molecule has 0 aliphatic carbocycles. The number of nitriles is 1. The van der Waals surface area contributed by atoms with Gasteiger partial charge in [0.05, 0.1) is 0 Å². The van der Waals surface area contributed by atoms with E-state index in [1.807, 2.05) is 0 Å². The molecule has 0 aliphatic heterocycles. The normalized spacial score (nSPS) is 12.1. The molecule has 0 radical (unpaired) electrons. The van der Waals surface area contributed by atoms with Crippen LogP contribution < -0.4 is 4.74 Å². The summed E-state index contributed by atoms with van der Waals surface area (Å²) in [5, 5.41) is 8.59. The molecule has 98 valence electrons. The van der Waals surface area contributed by atoms with Crippen LogP contribution in [0.5, 0.6) is 5.75 Å². The Morgan fingerprint density at radius 2 is 1.78 bits per heavy atom. The van der Waals surface area contributed by atoms with Gasteiger partial charge in [-0.2, -0.15) is 18.4 Å². The molecule has 0 unspecified atom stereocenters. The summed E-state index contributed by atoms with van der Waals surface area (Å²) < 4.78 is 76.7. The van der Waals surface area contributed by atoms with Crippen LogP contribution >= 0.6 is 0 Å². The topological polar surface area (TPSA) is 45.9 Å². The van der Waals surface area contributed by atoms with Gasteiger partial charge in [0.2, 0.25) is 0 Å². The maximum absolute atomic E-state index is 12.5. The van der Waals surface area contributed by atoms with Crippen LogP contribution in [0.3, 0.4) is 0 Å². The molecule has 0 fully saturated rings. The number of halogens is 6. The van der Waals surface area contributed by atoms with Crippen molar-refractivity contribution in [1.82, 2.24) is 4.98 Å². The Balaban J connectivity index is 3.51. The van der Waals surface area contributed by atoms with E-state index >= 15 is 0 Å². The summed E-state index contributed by atoms with van der Waals surface area (Å²) in [6.45, 7) is 1.15. The highest BCUT2D eigenvalue weighted by Crippen LogP contribution is 2.39. The second kappa shape index (κ2) is 4.36. The first-order valence-corrected chi connectivity index (χ1v) is 4.29. The van der Waals surface area contributed by atoms with Crippen molar-refractivity contribution >= 4 is 0 Å². The quantitative estimate of drug-likeness (QED) is 0.736. The zero-order valence-electron chi connectivity index (χ0n) is 8.65. The van der Waals surface area contributed by atoms with E-state index in [-0.39, 0.29) is 5.56 Å². The monoisotopic (exact) mass is 270 g/mol. The molecule has 0 bridgehead atoms. The Bertz CT molecular complexity index is 499. The number of pyridine rings is 1. The van der Waals surface area contributed by atoms with E-state index in [9.17, 15) is 26.3 Å². The lowest BCUT2D eigenvalue weighted by atomic mass is 10.1. The summed E-state index contributed by atoms with van der Waals surface area (Å²) in [4.78, 5) is 2.84. The van der Waals surface area contributed by atoms with E-state index < -0.39 is 29.5 Å². The van der Waals surface area contributed by atoms with Crippen molar-refractivity contribution in [3.8, 4) is 11.8 Å². The van der Waals surface area contributed by atoms with Crippen LogP contribution in [0.4, 0.5) is 26.3 Å². The lowest BCUT2D eigenvalue weighted by Crippen LogP contribution is -2.22. The molecule has 0 amide bonds. The Morgan fingerprint density at radius 3 is 2.17 bits per heavy atom. The molecule has 1 aromatic rings. The number of rotatable bonds is 1. The fourth-order valence-corrected chi connectivity index (χ4v) is 1.14. The second-order valence-corrected chi connectivity index (χ2v) is 3.15. The third-order valence-electron chi connectivity index (χ3n) is 1.82. The van der Waals surface area contributed by atoms with Crippen molar-refractivity contribution in [2.45, 2.75) is 19.5 Å². The molecule has 0 N–H and O–H groups in total. The minimum absolute atomic E-state index is 0.148. The van der Waals surface area contributed by atoms with E-state index in [0.29, 0.717) is 6.20 Å². The minimum Gasteiger partial charge on any atom is -0.402 e. The van der Waals surface area contributed by atoms with Crippen LogP contribution in [0, 0.1) is 18.3 Å². The van der Waals surface area contributed by atoms with Gasteiger partial charge in [-0.15, -0.1) is 13.2 Å². The van der Waals surface area contributed by atoms with Crippen molar-refractivity contribution in [2.24, 2.45) is 0 Å². The number of nitrogens with zero attached hydrogens (tertiary/aromatic N) is 2. The molecule has 0 spiro atoms. The minimum atomic E-state index is -5.35. The van der Waals surface area contributed by atoms with Gasteiger partial charge >= 0.3 is 12.5 Å². The first kappa shape index (κ1) is 14.1. The second-order valence-electron chi connectivity index (χ2n) is 3.15. The highest BCUT2D eigenvalue weighted by atomic mass is 19.4. The number of alkyl halides is 6. The fraction of sp³-hybridized carbons (Fsp3) is 0.333. The highest BCUT2D eigenvalue weighted by Gasteiger charge is 2.42. The van der Waals surface area contributed by atoms with Crippen molar-refractivity contribution in [2.75, 3.05) is 0 Å². The first-order chi connectivity index (χ1) is 8.06. The largest absolute Gasteiger partial charge is 0.573 e. The predicted molar refractivity (Wildman–Crippen MR) is 45.4 cm³/mol. The summed E-state index contributed by atoms with van der Waals surface area (Å²) in [7, 11) is 0. The van der Waals surface area contributed by atoms with Gasteiger partial charge in [-0.1, -0.05) is 0 Å². The molecule has 3 nitrogen and oxygen atoms in total. The van der Waals surface area contributed by atoms with Gasteiger partial charge in [0, 0.05) is 6.20 Å². The van der Waals surface area contributed by atoms with Gasteiger partial charge in [-0.25, -0.2) is 4.98 Å². The molecule has 0 saturated carbocycles. The molecule has 0 aliphatic rings. The first-order valence-electron chi connectivity index (χ1n) is 4.29. The maximum Gasteiger partial charge on any atom is 0.573 e. The molecule has 1 heterocycles. The Labute approximate surface area is 96.6 Å². The van der Waals surface area contributed by atoms with Gasteiger partial charge in [0.25, 0.3) is 0 Å². The van der Waals surface area contributed by atoms with Crippen LogP contribution in [0.1, 0.15) is 16.8 Å². The van der Waals surface area contributed by atoms with Gasteiger partial charge in [-0.3, -0.25) is 0 Å². The number of aromatic nitrogens is 1. The van der Waals surface area contributed by atoms with E-state index in [1.165, 1.54) is 6.07 Å². The molecular formula is C9H4F6N2O. The summed E-state index contributed by atoms with van der Waals surface area (Å²) in [6.07, 6.45) is -9.84.